The van der Waals surface area contributed by atoms with Gasteiger partial charge in [0, 0.05) is 12.6 Å². The van der Waals surface area contributed by atoms with Gasteiger partial charge in [-0.15, -0.1) is 0 Å². The van der Waals surface area contributed by atoms with Crippen LogP contribution in [0.2, 0.25) is 5.02 Å². The maximum atomic E-state index is 12.8. The van der Waals surface area contributed by atoms with Gasteiger partial charge in [0.15, 0.2) is 11.5 Å². The van der Waals surface area contributed by atoms with Crippen molar-refractivity contribution in [1.29, 1.82) is 0 Å². The maximum absolute atomic E-state index is 12.8. The number of ether oxygens (including phenoxy) is 2. The molecule has 0 saturated carbocycles. The van der Waals surface area contributed by atoms with E-state index in [0.717, 1.165) is 23.8 Å². The van der Waals surface area contributed by atoms with Crippen molar-refractivity contribution in [3.05, 3.63) is 57.1 Å². The maximum Gasteiger partial charge on any atom is 0.289 e. The van der Waals surface area contributed by atoms with E-state index in [2.05, 4.69) is 10.0 Å². The van der Waals surface area contributed by atoms with E-state index in [-0.39, 0.29) is 22.4 Å². The fraction of sp³-hybridized carbons (Fsp3) is 0.381. The second-order valence-corrected chi connectivity index (χ2v) is 9.56. The first-order valence-corrected chi connectivity index (χ1v) is 11.8. The number of hydrogen-bond donors (Lipinski definition) is 2. The Bertz CT molecular complexity index is 1120. The highest BCUT2D eigenvalue weighted by Gasteiger charge is 2.29. The molecule has 0 bridgehead atoms. The van der Waals surface area contributed by atoms with Gasteiger partial charge in [-0.05, 0) is 42.2 Å². The van der Waals surface area contributed by atoms with Crippen molar-refractivity contribution >= 4 is 33.2 Å². The number of hydrogen-bond acceptors (Lipinski definition) is 7. The van der Waals surface area contributed by atoms with Gasteiger partial charge >= 0.3 is 0 Å². The molecule has 2 N–H and O–H groups in total. The summed E-state index contributed by atoms with van der Waals surface area (Å²) in [7, 11) is -1.16. The van der Waals surface area contributed by atoms with Crippen LogP contribution in [0.25, 0.3) is 0 Å². The first-order valence-electron chi connectivity index (χ1n) is 9.95. The Morgan fingerprint density at radius 3 is 2.36 bits per heavy atom. The second-order valence-electron chi connectivity index (χ2n) is 7.44. The lowest BCUT2D eigenvalue weighted by atomic mass is 10.0. The van der Waals surface area contributed by atoms with E-state index in [4.69, 9.17) is 21.1 Å². The molecular formula is C21H26ClN3O7S. The Morgan fingerprint density at radius 1 is 1.12 bits per heavy atom. The molecule has 1 amide bonds. The monoisotopic (exact) mass is 499 g/mol. The fourth-order valence-electron chi connectivity index (χ4n) is 3.00. The van der Waals surface area contributed by atoms with Gasteiger partial charge in [-0.1, -0.05) is 31.5 Å². The van der Waals surface area contributed by atoms with Crippen LogP contribution in [0.15, 0.2) is 41.3 Å². The molecule has 0 aliphatic rings. The normalized spacial score (nSPS) is 12.3. The number of nitrogens with zero attached hydrogens (tertiary/aromatic N) is 1. The number of nitro benzene ring substituents is 1. The Morgan fingerprint density at radius 2 is 1.79 bits per heavy atom. The van der Waals surface area contributed by atoms with Crippen LogP contribution in [-0.2, 0) is 21.2 Å². The molecule has 0 aliphatic carbocycles. The van der Waals surface area contributed by atoms with Crippen molar-refractivity contribution in [2.45, 2.75) is 31.2 Å². The smallest absolute Gasteiger partial charge is 0.289 e. The quantitative estimate of drug-likeness (QED) is 0.358. The molecule has 0 fully saturated rings. The number of benzene rings is 2. The molecular weight excluding hydrogens is 474 g/mol. The summed E-state index contributed by atoms with van der Waals surface area (Å²) >= 11 is 5.76. The predicted molar refractivity (Wildman–Crippen MR) is 123 cm³/mol. The average molecular weight is 500 g/mol. The van der Waals surface area contributed by atoms with Crippen molar-refractivity contribution in [2.24, 2.45) is 5.92 Å². The molecule has 0 saturated heterocycles. The van der Waals surface area contributed by atoms with E-state index in [0.29, 0.717) is 17.9 Å². The van der Waals surface area contributed by atoms with Crippen LogP contribution in [0.3, 0.4) is 0 Å². The van der Waals surface area contributed by atoms with Crippen LogP contribution in [0.4, 0.5) is 5.69 Å². The molecule has 33 heavy (non-hydrogen) atoms. The minimum Gasteiger partial charge on any atom is -0.493 e. The number of sulfonamides is 1. The Balaban J connectivity index is 2.09. The van der Waals surface area contributed by atoms with Crippen LogP contribution in [-0.4, -0.2) is 46.1 Å². The SMILES string of the molecule is COc1ccc(CCNC(=O)C(NS(=O)(=O)c2ccc(Cl)c([N+](=O)[O-])c2)C(C)C)cc1OC. The largest absolute Gasteiger partial charge is 0.493 e. The summed E-state index contributed by atoms with van der Waals surface area (Å²) in [6.45, 7) is 3.63. The summed E-state index contributed by atoms with van der Waals surface area (Å²) in [5.74, 6) is 0.244. The number of amides is 1. The van der Waals surface area contributed by atoms with Crippen molar-refractivity contribution in [3.8, 4) is 11.5 Å². The average Bonchev–Trinajstić information content (AvgIpc) is 2.76. The molecule has 0 heterocycles. The highest BCUT2D eigenvalue weighted by atomic mass is 35.5. The van der Waals surface area contributed by atoms with Crippen molar-refractivity contribution < 1.29 is 27.6 Å². The van der Waals surface area contributed by atoms with Gasteiger partial charge in [-0.3, -0.25) is 14.9 Å². The van der Waals surface area contributed by atoms with Gasteiger partial charge in [-0.2, -0.15) is 4.72 Å². The molecule has 0 radical (unpaired) electrons. The Hall–Kier alpha value is -2.89. The van der Waals surface area contributed by atoms with E-state index in [1.165, 1.54) is 14.2 Å². The van der Waals surface area contributed by atoms with Crippen molar-refractivity contribution in [1.82, 2.24) is 10.0 Å². The third-order valence-electron chi connectivity index (χ3n) is 4.82. The number of carbonyl (C=O) groups excluding carboxylic acids is 1. The lowest BCUT2D eigenvalue weighted by Gasteiger charge is -2.21. The zero-order valence-electron chi connectivity index (χ0n) is 18.6. The van der Waals surface area contributed by atoms with Gasteiger partial charge < -0.3 is 14.8 Å². The minimum atomic E-state index is -4.22. The summed E-state index contributed by atoms with van der Waals surface area (Å²) in [6, 6.07) is 7.43. The van der Waals surface area contributed by atoms with Gasteiger partial charge in [0.25, 0.3) is 5.69 Å². The van der Waals surface area contributed by atoms with Gasteiger partial charge in [0.05, 0.1) is 24.0 Å². The van der Waals surface area contributed by atoms with Crippen LogP contribution >= 0.6 is 11.6 Å². The number of carbonyl (C=O) groups is 1. The minimum absolute atomic E-state index is 0.188. The van der Waals surface area contributed by atoms with E-state index >= 15 is 0 Å². The van der Waals surface area contributed by atoms with Crippen LogP contribution in [0.5, 0.6) is 11.5 Å². The standard InChI is InChI=1S/C21H26ClN3O7S/c1-13(2)20(24-33(29,30)15-6-7-16(22)17(12-15)25(27)28)21(26)23-10-9-14-5-8-18(31-3)19(11-14)32-4/h5-8,11-13,20,24H,9-10H2,1-4H3,(H,23,26). The van der Waals surface area contributed by atoms with Gasteiger partial charge in [0.1, 0.15) is 11.1 Å². The molecule has 2 aromatic rings. The second kappa shape index (κ2) is 11.3. The Labute approximate surface area is 197 Å². The molecule has 2 rings (SSSR count). The fourth-order valence-corrected chi connectivity index (χ4v) is 4.55. The molecule has 0 aliphatic heterocycles. The number of methoxy groups -OCH3 is 2. The van der Waals surface area contributed by atoms with Crippen molar-refractivity contribution in [2.75, 3.05) is 20.8 Å². The van der Waals surface area contributed by atoms with Gasteiger partial charge in [-0.25, -0.2) is 8.42 Å². The topological polar surface area (TPSA) is 137 Å². The van der Waals surface area contributed by atoms with Crippen LogP contribution < -0.4 is 19.5 Å². The van der Waals surface area contributed by atoms with Crippen molar-refractivity contribution in [3.63, 3.8) is 0 Å². The number of nitro groups is 1. The lowest BCUT2D eigenvalue weighted by molar-refractivity contribution is -0.384. The first kappa shape index (κ1) is 26.4. The summed E-state index contributed by atoms with van der Waals surface area (Å²) in [5.41, 5.74) is 0.350. The molecule has 1 unspecified atom stereocenters. The van der Waals surface area contributed by atoms with E-state index < -0.39 is 32.6 Å². The number of nitrogens with one attached hydrogen (secondary N) is 2. The molecule has 0 aromatic heterocycles. The highest BCUT2D eigenvalue weighted by molar-refractivity contribution is 7.89. The van der Waals surface area contributed by atoms with E-state index in [1.54, 1.807) is 26.0 Å². The lowest BCUT2D eigenvalue weighted by Crippen LogP contribution is -2.49. The summed E-state index contributed by atoms with van der Waals surface area (Å²) in [6.07, 6.45) is 0.479. The molecule has 0 spiro atoms. The predicted octanol–water partition coefficient (Wildman–Crippen LogP) is 2.93. The molecule has 12 heteroatoms. The van der Waals surface area contributed by atoms with Gasteiger partial charge in [0.2, 0.25) is 15.9 Å². The van der Waals surface area contributed by atoms with Crippen LogP contribution in [0, 0.1) is 16.0 Å². The molecule has 180 valence electrons. The summed E-state index contributed by atoms with van der Waals surface area (Å²) < 4.78 is 38.4. The highest BCUT2D eigenvalue weighted by Crippen LogP contribution is 2.28. The number of rotatable bonds is 11. The summed E-state index contributed by atoms with van der Waals surface area (Å²) in [5, 5.41) is 13.6. The number of halogens is 1. The third kappa shape index (κ3) is 6.80. The van der Waals surface area contributed by atoms with E-state index in [9.17, 15) is 23.3 Å². The van der Waals surface area contributed by atoms with E-state index in [1.807, 2.05) is 6.07 Å². The summed E-state index contributed by atoms with van der Waals surface area (Å²) in [4.78, 5) is 22.7. The molecule has 10 nitrogen and oxygen atoms in total. The zero-order chi connectivity index (χ0) is 24.8. The molecule has 1 atom stereocenters. The Kier molecular flexibility index (Phi) is 9.03. The van der Waals surface area contributed by atoms with Crippen LogP contribution in [0.1, 0.15) is 19.4 Å². The first-order chi connectivity index (χ1) is 15.5. The molecule has 2 aromatic carbocycles. The zero-order valence-corrected chi connectivity index (χ0v) is 20.2. The third-order valence-corrected chi connectivity index (χ3v) is 6.58.